The normalized spacial score (nSPS) is 9.06. The molecule has 0 aliphatic carbocycles. The van der Waals surface area contributed by atoms with Gasteiger partial charge in [0.25, 0.3) is 0 Å². The first-order chi connectivity index (χ1) is 14.7. The minimum Gasteiger partial charge on any atom is -0.457 e. The molecule has 1 heterocycles. The minimum absolute atomic E-state index is 0. The fraction of sp³-hybridized carbons (Fsp3) is 0.154. The molecular formula is C13H23FeN9O13+2. The molecule has 1 aromatic heterocycles. The second-order valence-corrected chi connectivity index (χ2v) is 4.86. The Morgan fingerprint density at radius 1 is 0.806 bits per heavy atom. The van der Waals surface area contributed by atoms with Gasteiger partial charge in [-0.1, -0.05) is 6.07 Å². The predicted octanol–water partition coefficient (Wildman–Crippen LogP) is -5.42. The molecule has 0 saturated heterocycles. The fourth-order valence-electron chi connectivity index (χ4n) is 1.33. The van der Waals surface area contributed by atoms with Crippen molar-refractivity contribution in [1.82, 2.24) is 15.8 Å². The van der Waals surface area contributed by atoms with Gasteiger partial charge in [0.2, 0.25) is 0 Å². The average molecular weight is 569 g/mol. The third kappa shape index (κ3) is 23.8. The van der Waals surface area contributed by atoms with E-state index in [0.29, 0.717) is 22.8 Å². The molecule has 1 aromatic rings. The van der Waals surface area contributed by atoms with E-state index in [1.165, 1.54) is 0 Å². The standard InChI is InChI=1S/C13H15N7O4.Fe.2NO3.3H2O/c1-6(17-19-12(23)10(14)21)8-4-3-5-9(16-8)7(2)18-20-13(24)11(15)22;;2*2-1(3)4;;;/h3-5H,1-2H3,(H2,14,21)(H2,15,22)(H,19,23)(H,20,24);;;;3*1H2/q;+2;2*-1;;;/p+2/b17-6+,18-7+;;;;;;. The number of amides is 4. The molecule has 14 N–H and O–H groups in total. The zero-order valence-corrected chi connectivity index (χ0v) is 19.3. The number of hydrogen-bond donors (Lipinski definition) is 4. The van der Waals surface area contributed by atoms with Crippen molar-refractivity contribution in [3.63, 3.8) is 0 Å². The van der Waals surface area contributed by atoms with Gasteiger partial charge in [-0.15, -0.1) is 0 Å². The van der Waals surface area contributed by atoms with Gasteiger partial charge in [0.05, 0.1) is 33.0 Å². The monoisotopic (exact) mass is 569 g/mol. The van der Waals surface area contributed by atoms with E-state index in [0.717, 1.165) is 0 Å². The Hall–Kier alpha value is -4.83. The molecule has 0 unspecified atom stereocenters. The van der Waals surface area contributed by atoms with Crippen molar-refractivity contribution in [3.8, 4) is 0 Å². The van der Waals surface area contributed by atoms with E-state index < -0.39 is 33.8 Å². The summed E-state index contributed by atoms with van der Waals surface area (Å²) in [4.78, 5) is 64.0. The maximum absolute atomic E-state index is 11.0. The summed E-state index contributed by atoms with van der Waals surface area (Å²) >= 11 is 0. The van der Waals surface area contributed by atoms with Gasteiger partial charge in [-0.2, -0.15) is 10.2 Å². The minimum atomic E-state index is -1.75. The summed E-state index contributed by atoms with van der Waals surface area (Å²) in [6.07, 6.45) is 0. The van der Waals surface area contributed by atoms with E-state index in [2.05, 4.69) is 15.2 Å². The van der Waals surface area contributed by atoms with Crippen LogP contribution in [0.3, 0.4) is 0 Å². The first-order valence-corrected chi connectivity index (χ1v) is 7.57. The van der Waals surface area contributed by atoms with Crippen LogP contribution < -0.4 is 22.3 Å². The van der Waals surface area contributed by atoms with Crippen LogP contribution >= 0.6 is 0 Å². The average Bonchev–Trinajstić information content (AvgIpc) is 2.68. The van der Waals surface area contributed by atoms with Crippen molar-refractivity contribution in [2.24, 2.45) is 21.7 Å². The van der Waals surface area contributed by atoms with Gasteiger partial charge in [0, 0.05) is 0 Å². The quantitative estimate of drug-likeness (QED) is 0.0661. The van der Waals surface area contributed by atoms with Crippen molar-refractivity contribution in [2.75, 3.05) is 0 Å². The van der Waals surface area contributed by atoms with Crippen LogP contribution in [-0.4, -0.2) is 55.7 Å². The molecule has 0 atom stereocenters. The fourth-order valence-corrected chi connectivity index (χ4v) is 1.33. The number of nitrogens with one attached hydrogen (secondary N) is 2. The Morgan fingerprint density at radius 3 is 1.28 bits per heavy atom. The van der Waals surface area contributed by atoms with E-state index in [1.807, 2.05) is 10.9 Å². The maximum Gasteiger partial charge on any atom is 2.00 e. The van der Waals surface area contributed by atoms with E-state index in [1.54, 1.807) is 32.0 Å². The zero-order valence-electron chi connectivity index (χ0n) is 18.2. The van der Waals surface area contributed by atoms with Gasteiger partial charge < -0.3 is 58.5 Å². The number of hydrogen-bond acceptors (Lipinski definition) is 13. The molecule has 0 radical (unpaired) electrons. The van der Waals surface area contributed by atoms with Crippen molar-refractivity contribution < 1.29 is 62.8 Å². The van der Waals surface area contributed by atoms with Crippen LogP contribution in [0.1, 0.15) is 25.2 Å². The first kappa shape index (κ1) is 44.8. The van der Waals surface area contributed by atoms with Gasteiger partial charge in [-0.3, -0.25) is 19.2 Å². The van der Waals surface area contributed by atoms with Gasteiger partial charge in [-0.25, -0.2) is 15.8 Å². The summed E-state index contributed by atoms with van der Waals surface area (Å²) in [6.45, 7) is 3.10. The summed E-state index contributed by atoms with van der Waals surface area (Å²) in [5.74, 6) is -4.45. The second-order valence-electron chi connectivity index (χ2n) is 4.86. The van der Waals surface area contributed by atoms with E-state index in [9.17, 15) is 19.2 Å². The van der Waals surface area contributed by atoms with Gasteiger partial charge in [-0.05, 0) is 26.0 Å². The number of hydrazone groups is 2. The number of primary amides is 2. The van der Waals surface area contributed by atoms with Gasteiger partial charge >= 0.3 is 40.7 Å². The summed E-state index contributed by atoms with van der Waals surface area (Å²) in [5, 5.41) is 36.9. The van der Waals surface area contributed by atoms with Gasteiger partial charge in [0.15, 0.2) is 0 Å². The molecule has 1 rings (SSSR count). The number of pyridine rings is 1. The molecule has 0 aliphatic rings. The van der Waals surface area contributed by atoms with E-state index >= 15 is 0 Å². The van der Waals surface area contributed by atoms with Crippen molar-refractivity contribution in [3.05, 3.63) is 60.2 Å². The number of nitrogens with zero attached hydrogens (tertiary/aromatic N) is 5. The molecule has 22 nitrogen and oxygen atoms in total. The molecule has 0 aliphatic heterocycles. The SMILES string of the molecule is C/C(=N\NC(=O)C(N)=O)c1cccc(/C(C)=N/NC(=O)C(N)=O)n1.O.O=[N+]([O-])[O-].O=[N+]([O-])[O-].[Fe+2].[OH3+].[OH3+]. The number of aromatic nitrogens is 1. The maximum atomic E-state index is 11.0. The Morgan fingerprint density at radius 2 is 1.06 bits per heavy atom. The Kier molecular flexibility index (Phi) is 29.0. The Bertz CT molecular complexity index is 876. The molecule has 204 valence electrons. The summed E-state index contributed by atoms with van der Waals surface area (Å²) in [6, 6.07) is 4.85. The molecule has 36 heavy (non-hydrogen) atoms. The van der Waals surface area contributed by atoms with Crippen LogP contribution in [0.4, 0.5) is 0 Å². The number of rotatable bonds is 4. The Balaban J connectivity index is -0.000000164. The van der Waals surface area contributed by atoms with Crippen LogP contribution in [0.2, 0.25) is 0 Å². The molecule has 0 fully saturated rings. The third-order valence-corrected chi connectivity index (χ3v) is 2.59. The van der Waals surface area contributed by atoms with Crippen LogP contribution in [-0.2, 0) is 47.2 Å². The molecular weight excluding hydrogens is 546 g/mol. The van der Waals surface area contributed by atoms with E-state index in [4.69, 9.17) is 42.1 Å². The topological polar surface area (TPSA) is 412 Å². The molecule has 0 aromatic carbocycles. The summed E-state index contributed by atoms with van der Waals surface area (Å²) in [5.41, 5.74) is 14.9. The van der Waals surface area contributed by atoms with Gasteiger partial charge in [0.1, 0.15) is 0 Å². The first-order valence-electron chi connectivity index (χ1n) is 7.57. The zero-order chi connectivity index (χ0) is 25.4. The molecule has 0 bridgehead atoms. The second kappa shape index (κ2) is 23.3. The third-order valence-electron chi connectivity index (χ3n) is 2.59. The molecule has 23 heteroatoms. The number of nitrogens with two attached hydrogens (primary N) is 2. The molecule has 0 saturated carbocycles. The number of carbonyl (C=O) groups excluding carboxylic acids is 4. The van der Waals surface area contributed by atoms with Crippen LogP contribution in [0.15, 0.2) is 28.4 Å². The van der Waals surface area contributed by atoms with Crippen LogP contribution in [0.5, 0.6) is 0 Å². The molecule has 4 amide bonds. The van der Waals surface area contributed by atoms with Crippen molar-refractivity contribution in [1.29, 1.82) is 0 Å². The smallest absolute Gasteiger partial charge is 0.457 e. The molecule has 0 spiro atoms. The summed E-state index contributed by atoms with van der Waals surface area (Å²) < 4.78 is 0. The Labute approximate surface area is 210 Å². The van der Waals surface area contributed by atoms with Crippen LogP contribution in [0.25, 0.3) is 0 Å². The predicted molar refractivity (Wildman–Crippen MR) is 117 cm³/mol. The number of carbonyl (C=O) groups is 4. The van der Waals surface area contributed by atoms with Crippen LogP contribution in [0, 0.1) is 30.6 Å². The summed E-state index contributed by atoms with van der Waals surface area (Å²) in [7, 11) is 0. The van der Waals surface area contributed by atoms with Crippen molar-refractivity contribution in [2.45, 2.75) is 13.8 Å². The van der Waals surface area contributed by atoms with Crippen molar-refractivity contribution >= 4 is 35.1 Å². The van der Waals surface area contributed by atoms with E-state index in [-0.39, 0.29) is 33.5 Å². The largest absolute Gasteiger partial charge is 2.00 e.